The quantitative estimate of drug-likeness (QED) is 0.777. The summed E-state index contributed by atoms with van der Waals surface area (Å²) in [6, 6.07) is -1.65. The Hall–Kier alpha value is -1.03. The van der Waals surface area contributed by atoms with Crippen LogP contribution in [-0.2, 0) is 18.3 Å². The standard InChI is InChI=1S/C13H20F3N5O.2ClH/c1-20-9-10(7-19-20)6-12(22)18-8-11(13(14,15)16)21-4-2-17-3-5-21;;/h7,9,11,17H,2-6,8H2,1H3,(H,18,22);2*1H. The van der Waals surface area contributed by atoms with Gasteiger partial charge in [-0.05, 0) is 5.56 Å². The number of rotatable bonds is 5. The molecule has 1 aromatic rings. The van der Waals surface area contributed by atoms with Crippen LogP contribution in [-0.4, -0.2) is 65.5 Å². The lowest BCUT2D eigenvalue weighted by Crippen LogP contribution is -2.57. The molecule has 0 aliphatic carbocycles. The van der Waals surface area contributed by atoms with Crippen LogP contribution in [0.4, 0.5) is 13.2 Å². The van der Waals surface area contributed by atoms with Crippen molar-refractivity contribution in [1.29, 1.82) is 0 Å². The third-order valence-electron chi connectivity index (χ3n) is 3.59. The van der Waals surface area contributed by atoms with Gasteiger partial charge in [0.25, 0.3) is 0 Å². The highest BCUT2D eigenvalue weighted by Gasteiger charge is 2.43. The fourth-order valence-corrected chi connectivity index (χ4v) is 2.47. The molecule has 1 unspecified atom stereocenters. The Kier molecular flexibility index (Phi) is 9.64. The van der Waals surface area contributed by atoms with E-state index < -0.39 is 24.7 Å². The summed E-state index contributed by atoms with van der Waals surface area (Å²) in [7, 11) is 1.71. The van der Waals surface area contributed by atoms with Crippen LogP contribution in [0.15, 0.2) is 12.4 Å². The molecule has 2 N–H and O–H groups in total. The number of hydrogen-bond acceptors (Lipinski definition) is 4. The minimum Gasteiger partial charge on any atom is -0.354 e. The van der Waals surface area contributed by atoms with E-state index in [1.165, 1.54) is 11.1 Å². The lowest BCUT2D eigenvalue weighted by atomic mass is 10.2. The zero-order valence-electron chi connectivity index (χ0n) is 13.2. The molecule has 1 fully saturated rings. The molecule has 140 valence electrons. The van der Waals surface area contributed by atoms with Crippen LogP contribution in [0.1, 0.15) is 5.56 Å². The molecule has 0 radical (unpaired) electrons. The zero-order valence-corrected chi connectivity index (χ0v) is 14.8. The second kappa shape index (κ2) is 10.1. The number of carbonyl (C=O) groups is 1. The van der Waals surface area contributed by atoms with Crippen LogP contribution in [0.3, 0.4) is 0 Å². The number of amides is 1. The van der Waals surface area contributed by atoms with Gasteiger partial charge in [0.05, 0.1) is 12.6 Å². The van der Waals surface area contributed by atoms with Crippen molar-refractivity contribution in [2.75, 3.05) is 32.7 Å². The van der Waals surface area contributed by atoms with Crippen LogP contribution in [0, 0.1) is 0 Å². The van der Waals surface area contributed by atoms with E-state index in [1.54, 1.807) is 17.9 Å². The van der Waals surface area contributed by atoms with E-state index in [-0.39, 0.29) is 31.2 Å². The lowest BCUT2D eigenvalue weighted by molar-refractivity contribution is -0.184. The maximum Gasteiger partial charge on any atom is 0.405 e. The minimum absolute atomic E-state index is 0. The molecule has 0 saturated carbocycles. The topological polar surface area (TPSA) is 62.2 Å². The normalized spacial score (nSPS) is 16.7. The van der Waals surface area contributed by atoms with Crippen molar-refractivity contribution in [2.45, 2.75) is 18.6 Å². The van der Waals surface area contributed by atoms with Gasteiger partial charge in [-0.2, -0.15) is 18.3 Å². The van der Waals surface area contributed by atoms with Gasteiger partial charge in [-0.25, -0.2) is 0 Å². The van der Waals surface area contributed by atoms with E-state index in [9.17, 15) is 18.0 Å². The Morgan fingerprint density at radius 1 is 1.38 bits per heavy atom. The third-order valence-corrected chi connectivity index (χ3v) is 3.59. The van der Waals surface area contributed by atoms with Gasteiger partial charge >= 0.3 is 6.18 Å². The van der Waals surface area contributed by atoms with Crippen LogP contribution in [0.5, 0.6) is 0 Å². The summed E-state index contributed by atoms with van der Waals surface area (Å²) in [5.74, 6) is -0.433. The zero-order chi connectivity index (χ0) is 16.2. The predicted molar refractivity (Wildman–Crippen MR) is 88.7 cm³/mol. The van der Waals surface area contributed by atoms with Crippen molar-refractivity contribution in [3.05, 3.63) is 18.0 Å². The van der Waals surface area contributed by atoms with Gasteiger partial charge in [-0.1, -0.05) is 0 Å². The highest BCUT2D eigenvalue weighted by Crippen LogP contribution is 2.24. The first kappa shape index (κ1) is 23.0. The fraction of sp³-hybridized carbons (Fsp3) is 0.692. The van der Waals surface area contributed by atoms with Crippen LogP contribution < -0.4 is 10.6 Å². The van der Waals surface area contributed by atoms with Crippen molar-refractivity contribution >= 4 is 30.7 Å². The van der Waals surface area contributed by atoms with Gasteiger partial charge in [0.2, 0.25) is 5.91 Å². The van der Waals surface area contributed by atoms with E-state index in [2.05, 4.69) is 15.7 Å². The first-order valence-electron chi connectivity index (χ1n) is 7.12. The molecule has 0 aromatic carbocycles. The molecule has 1 amide bonds. The number of nitrogens with zero attached hydrogens (tertiary/aromatic N) is 3. The Balaban J connectivity index is 0.00000264. The molecule has 0 bridgehead atoms. The molecule has 0 spiro atoms. The number of alkyl halides is 3. The number of nitrogens with one attached hydrogen (secondary N) is 2. The second-order valence-corrected chi connectivity index (χ2v) is 5.35. The average Bonchev–Trinajstić information content (AvgIpc) is 2.84. The second-order valence-electron chi connectivity index (χ2n) is 5.35. The molecule has 1 atom stereocenters. The van der Waals surface area contributed by atoms with E-state index in [4.69, 9.17) is 0 Å². The number of aromatic nitrogens is 2. The number of aryl methyl sites for hydroxylation is 1. The van der Waals surface area contributed by atoms with Crippen molar-refractivity contribution in [1.82, 2.24) is 25.3 Å². The van der Waals surface area contributed by atoms with E-state index in [0.29, 0.717) is 31.7 Å². The molecular formula is C13H22Cl2F3N5O. The molecule has 24 heavy (non-hydrogen) atoms. The molecule has 1 aliphatic heterocycles. The van der Waals surface area contributed by atoms with E-state index >= 15 is 0 Å². The minimum atomic E-state index is -4.36. The lowest BCUT2D eigenvalue weighted by Gasteiger charge is -2.35. The van der Waals surface area contributed by atoms with E-state index in [0.717, 1.165) is 0 Å². The number of piperazine rings is 1. The van der Waals surface area contributed by atoms with Crippen molar-refractivity contribution in [3.8, 4) is 0 Å². The first-order chi connectivity index (χ1) is 10.4. The van der Waals surface area contributed by atoms with Gasteiger partial charge < -0.3 is 10.6 Å². The molecule has 2 rings (SSSR count). The Labute approximate surface area is 151 Å². The highest BCUT2D eigenvalue weighted by atomic mass is 35.5. The van der Waals surface area contributed by atoms with Gasteiger partial charge in [0.1, 0.15) is 6.04 Å². The summed E-state index contributed by atoms with van der Waals surface area (Å²) in [6.07, 6.45) is -1.15. The maximum absolute atomic E-state index is 13.2. The van der Waals surface area contributed by atoms with Crippen LogP contribution in [0.2, 0.25) is 0 Å². The van der Waals surface area contributed by atoms with Crippen LogP contribution >= 0.6 is 24.8 Å². The van der Waals surface area contributed by atoms with Gasteiger partial charge in [-0.3, -0.25) is 14.4 Å². The summed E-state index contributed by atoms with van der Waals surface area (Å²) >= 11 is 0. The number of carbonyl (C=O) groups excluding carboxylic acids is 1. The molecule has 2 heterocycles. The number of hydrogen-bond donors (Lipinski definition) is 2. The fourth-order valence-electron chi connectivity index (χ4n) is 2.47. The molecule has 1 saturated heterocycles. The highest BCUT2D eigenvalue weighted by molar-refractivity contribution is 5.85. The summed E-state index contributed by atoms with van der Waals surface area (Å²) in [5.41, 5.74) is 0.672. The molecule has 1 aliphatic rings. The Morgan fingerprint density at radius 2 is 2.00 bits per heavy atom. The predicted octanol–water partition coefficient (Wildman–Crippen LogP) is 0.758. The van der Waals surface area contributed by atoms with Gasteiger partial charge in [0, 0.05) is 46.0 Å². The average molecular weight is 392 g/mol. The maximum atomic E-state index is 13.2. The van der Waals surface area contributed by atoms with E-state index in [1.807, 2.05) is 0 Å². The molecule has 11 heteroatoms. The van der Waals surface area contributed by atoms with Crippen molar-refractivity contribution in [3.63, 3.8) is 0 Å². The largest absolute Gasteiger partial charge is 0.405 e. The van der Waals surface area contributed by atoms with Crippen molar-refractivity contribution < 1.29 is 18.0 Å². The SMILES string of the molecule is Cl.Cl.Cn1cc(CC(=O)NCC(N2CCNCC2)C(F)(F)F)cn1. The number of halogens is 5. The summed E-state index contributed by atoms with van der Waals surface area (Å²) < 4.78 is 41.0. The third kappa shape index (κ3) is 6.84. The van der Waals surface area contributed by atoms with Gasteiger partial charge in [0.15, 0.2) is 0 Å². The van der Waals surface area contributed by atoms with Gasteiger partial charge in [-0.15, -0.1) is 24.8 Å². The summed E-state index contributed by atoms with van der Waals surface area (Å²) in [5, 5.41) is 9.32. The summed E-state index contributed by atoms with van der Waals surface area (Å²) in [4.78, 5) is 13.2. The summed E-state index contributed by atoms with van der Waals surface area (Å²) in [6.45, 7) is 1.26. The smallest absolute Gasteiger partial charge is 0.354 e. The monoisotopic (exact) mass is 391 g/mol. The Morgan fingerprint density at radius 3 is 2.50 bits per heavy atom. The first-order valence-corrected chi connectivity index (χ1v) is 7.12. The van der Waals surface area contributed by atoms with Crippen LogP contribution in [0.25, 0.3) is 0 Å². The molecule has 6 nitrogen and oxygen atoms in total. The molecular weight excluding hydrogens is 370 g/mol. The molecule has 1 aromatic heterocycles. The van der Waals surface area contributed by atoms with Crippen molar-refractivity contribution in [2.24, 2.45) is 7.05 Å². The Bertz CT molecular complexity index is 506.